The van der Waals surface area contributed by atoms with E-state index in [1.165, 1.54) is 48.5 Å². The first-order chi connectivity index (χ1) is 24.7. The SMILES string of the molecule is CCCC(CCc1c(F)cccc1NC(=O)[C@@H](NC(=O)OC)[C@@H](c1ccc(Cl)cc1)c1ccnc(C(F)(F)F)c1)NCC#CC(C)CCCS(C)=O. The average Bonchev–Trinajstić information content (AvgIpc) is 3.09. The fraction of sp³-hybridized carbons (Fsp3) is 0.447. The third-order valence-corrected chi connectivity index (χ3v) is 9.51. The number of amides is 2. The molecule has 0 radical (unpaired) electrons. The summed E-state index contributed by atoms with van der Waals surface area (Å²) in [6, 6.07) is 11.0. The molecule has 0 bridgehead atoms. The van der Waals surface area contributed by atoms with Gasteiger partial charge in [-0.15, -0.1) is 0 Å². The molecule has 0 spiro atoms. The van der Waals surface area contributed by atoms with Gasteiger partial charge in [0, 0.05) is 63.2 Å². The van der Waals surface area contributed by atoms with E-state index in [4.69, 9.17) is 16.3 Å². The number of carbonyl (C=O) groups excluding carboxylic acids is 2. The van der Waals surface area contributed by atoms with Crippen molar-refractivity contribution in [3.8, 4) is 11.8 Å². The number of anilines is 1. The highest BCUT2D eigenvalue weighted by Crippen LogP contribution is 2.34. The van der Waals surface area contributed by atoms with Crippen LogP contribution in [0.2, 0.25) is 5.02 Å². The van der Waals surface area contributed by atoms with E-state index in [2.05, 4.69) is 32.8 Å². The Balaban J connectivity index is 1.88. The molecule has 2 aromatic carbocycles. The molecule has 1 aromatic heterocycles. The van der Waals surface area contributed by atoms with Crippen molar-refractivity contribution in [3.63, 3.8) is 0 Å². The Morgan fingerprint density at radius 2 is 1.79 bits per heavy atom. The molecule has 3 unspecified atom stereocenters. The van der Waals surface area contributed by atoms with Gasteiger partial charge in [-0.1, -0.05) is 61.9 Å². The molecule has 0 aliphatic carbocycles. The van der Waals surface area contributed by atoms with Crippen molar-refractivity contribution < 1.29 is 36.1 Å². The van der Waals surface area contributed by atoms with Crippen LogP contribution in [0.15, 0.2) is 60.8 Å². The standard InChI is InChI=1S/C38H45ClF4N4O4S/c1-5-9-29(44-21-7-10-25(2)11-8-23-52(4)50)18-19-30-31(40)12-6-13-32(30)46-36(48)35(47-37(49)51-3)34(26-14-16-28(39)17-15-26)27-20-22-45-33(24-27)38(41,42)43/h6,12-17,20,22,24-25,29,34-35,44H,5,8-9,11,18-19,21,23H2,1-4H3,(H,46,48)(H,47,49)/t25?,29?,34-,35-,52?/m0/s1. The first-order valence-corrected chi connectivity index (χ1v) is 19.1. The van der Waals surface area contributed by atoms with Gasteiger partial charge < -0.3 is 20.7 Å². The van der Waals surface area contributed by atoms with Crippen LogP contribution < -0.4 is 16.0 Å². The smallest absolute Gasteiger partial charge is 0.433 e. The lowest BCUT2D eigenvalue weighted by molar-refractivity contribution is -0.141. The number of rotatable bonds is 17. The predicted molar refractivity (Wildman–Crippen MR) is 197 cm³/mol. The molecule has 3 aromatic rings. The third kappa shape index (κ3) is 13.5. The summed E-state index contributed by atoms with van der Waals surface area (Å²) in [4.78, 5) is 30.2. The lowest BCUT2D eigenvalue weighted by Crippen LogP contribution is -2.48. The number of methoxy groups -OCH3 is 1. The summed E-state index contributed by atoms with van der Waals surface area (Å²) < 4.78 is 72.7. The molecule has 0 saturated carbocycles. The number of alkyl halides is 3. The maximum Gasteiger partial charge on any atom is 0.433 e. The Bertz CT molecular complexity index is 1720. The molecule has 2 amide bonds. The highest BCUT2D eigenvalue weighted by Gasteiger charge is 2.37. The number of nitrogens with zero attached hydrogens (tertiary/aromatic N) is 1. The number of nitrogens with one attached hydrogen (secondary N) is 3. The van der Waals surface area contributed by atoms with Crippen LogP contribution >= 0.6 is 11.6 Å². The minimum Gasteiger partial charge on any atom is -0.453 e. The number of pyridine rings is 1. The number of carbonyl (C=O) groups is 2. The average molecular weight is 765 g/mol. The zero-order valence-corrected chi connectivity index (χ0v) is 31.2. The second-order valence-electron chi connectivity index (χ2n) is 12.4. The van der Waals surface area contributed by atoms with Crippen molar-refractivity contribution in [2.24, 2.45) is 5.92 Å². The molecular weight excluding hydrogens is 720 g/mol. The molecule has 3 N–H and O–H groups in total. The van der Waals surface area contributed by atoms with E-state index < -0.39 is 52.4 Å². The van der Waals surface area contributed by atoms with Crippen molar-refractivity contribution in [1.82, 2.24) is 15.6 Å². The zero-order valence-electron chi connectivity index (χ0n) is 29.6. The fourth-order valence-electron chi connectivity index (χ4n) is 5.77. The van der Waals surface area contributed by atoms with Crippen molar-refractivity contribution in [3.05, 3.63) is 94.0 Å². The summed E-state index contributed by atoms with van der Waals surface area (Å²) in [6.45, 7) is 4.51. The molecule has 14 heteroatoms. The first kappa shape index (κ1) is 42.4. The van der Waals surface area contributed by atoms with Crippen LogP contribution in [0.25, 0.3) is 0 Å². The van der Waals surface area contributed by atoms with E-state index in [0.717, 1.165) is 45.1 Å². The molecule has 3 rings (SSSR count). The largest absolute Gasteiger partial charge is 0.453 e. The predicted octanol–water partition coefficient (Wildman–Crippen LogP) is 7.88. The fourth-order valence-corrected chi connectivity index (χ4v) is 6.47. The van der Waals surface area contributed by atoms with Crippen LogP contribution in [-0.2, 0) is 32.9 Å². The van der Waals surface area contributed by atoms with Crippen LogP contribution in [0, 0.1) is 23.6 Å². The van der Waals surface area contributed by atoms with E-state index in [0.29, 0.717) is 29.3 Å². The van der Waals surface area contributed by atoms with Crippen LogP contribution in [-0.4, -0.2) is 58.9 Å². The quantitative estimate of drug-likeness (QED) is 0.0954. The van der Waals surface area contributed by atoms with Gasteiger partial charge >= 0.3 is 12.3 Å². The Morgan fingerprint density at radius 1 is 1.06 bits per heavy atom. The molecular formula is C38H45ClF4N4O4S. The van der Waals surface area contributed by atoms with Crippen LogP contribution in [0.5, 0.6) is 0 Å². The van der Waals surface area contributed by atoms with Crippen LogP contribution in [0.3, 0.4) is 0 Å². The summed E-state index contributed by atoms with van der Waals surface area (Å²) in [6.07, 6.45) is 1.01. The number of hydrogen-bond donors (Lipinski definition) is 3. The van der Waals surface area contributed by atoms with Gasteiger partial charge in [0.05, 0.1) is 13.7 Å². The summed E-state index contributed by atoms with van der Waals surface area (Å²) >= 11 is 6.10. The van der Waals surface area contributed by atoms with Gasteiger partial charge in [-0.05, 0) is 79.6 Å². The second-order valence-corrected chi connectivity index (χ2v) is 14.4. The summed E-state index contributed by atoms with van der Waals surface area (Å²) in [5, 5.41) is 8.97. The number of aromatic nitrogens is 1. The van der Waals surface area contributed by atoms with Gasteiger partial charge in [0.1, 0.15) is 17.6 Å². The van der Waals surface area contributed by atoms with Crippen LogP contribution in [0.4, 0.5) is 28.0 Å². The molecule has 1 heterocycles. The molecule has 52 heavy (non-hydrogen) atoms. The molecule has 0 aliphatic rings. The Morgan fingerprint density at radius 3 is 2.44 bits per heavy atom. The van der Waals surface area contributed by atoms with Crippen molar-refractivity contribution in [1.29, 1.82) is 0 Å². The van der Waals surface area contributed by atoms with E-state index in [-0.39, 0.29) is 35.2 Å². The topological polar surface area (TPSA) is 109 Å². The van der Waals surface area contributed by atoms with Gasteiger partial charge in [0.2, 0.25) is 5.91 Å². The number of ether oxygens (including phenoxy) is 1. The first-order valence-electron chi connectivity index (χ1n) is 17.0. The lowest BCUT2D eigenvalue weighted by Gasteiger charge is -2.28. The maximum absolute atomic E-state index is 15.4. The van der Waals surface area contributed by atoms with E-state index in [1.807, 2.05) is 13.8 Å². The Labute approximate surface area is 310 Å². The van der Waals surface area contributed by atoms with Gasteiger partial charge in [0.15, 0.2) is 0 Å². The van der Waals surface area contributed by atoms with Crippen molar-refractivity contribution >= 4 is 40.1 Å². The highest BCUT2D eigenvalue weighted by molar-refractivity contribution is 7.84. The molecule has 0 fully saturated rings. The third-order valence-electron chi connectivity index (χ3n) is 8.39. The number of halogens is 5. The van der Waals surface area contributed by atoms with Crippen molar-refractivity contribution in [2.45, 2.75) is 76.6 Å². The lowest BCUT2D eigenvalue weighted by atomic mass is 9.84. The van der Waals surface area contributed by atoms with Gasteiger partial charge in [-0.25, -0.2) is 9.18 Å². The summed E-state index contributed by atoms with van der Waals surface area (Å²) in [7, 11) is 0.265. The summed E-state index contributed by atoms with van der Waals surface area (Å²) in [5.41, 5.74) is -0.406. The van der Waals surface area contributed by atoms with E-state index in [9.17, 15) is 27.0 Å². The van der Waals surface area contributed by atoms with Gasteiger partial charge in [0.25, 0.3) is 0 Å². The molecule has 0 aliphatic heterocycles. The maximum atomic E-state index is 15.4. The highest BCUT2D eigenvalue weighted by atomic mass is 35.5. The monoisotopic (exact) mass is 764 g/mol. The number of hydrogen-bond acceptors (Lipinski definition) is 6. The van der Waals surface area contributed by atoms with Gasteiger partial charge in [-0.2, -0.15) is 13.2 Å². The second kappa shape index (κ2) is 20.9. The van der Waals surface area contributed by atoms with E-state index in [1.54, 1.807) is 6.26 Å². The minimum absolute atomic E-state index is 0.00202. The zero-order chi connectivity index (χ0) is 38.3. The number of benzene rings is 2. The van der Waals surface area contributed by atoms with Crippen molar-refractivity contribution in [2.75, 3.05) is 31.0 Å². The normalized spacial score (nSPS) is 14.2. The van der Waals surface area contributed by atoms with Crippen LogP contribution in [0.1, 0.15) is 74.3 Å². The molecule has 0 saturated heterocycles. The van der Waals surface area contributed by atoms with Gasteiger partial charge in [-0.3, -0.25) is 14.0 Å². The number of alkyl carbamates (subject to hydrolysis) is 1. The van der Waals surface area contributed by atoms with E-state index >= 15 is 4.39 Å². The Hall–Kier alpha value is -3.99. The summed E-state index contributed by atoms with van der Waals surface area (Å²) in [5.74, 6) is 4.66. The molecule has 5 atom stereocenters. The minimum atomic E-state index is -4.78. The molecule has 8 nitrogen and oxygen atoms in total. The Kier molecular flexibility index (Phi) is 17.0. The molecule has 282 valence electrons.